The fourth-order valence-corrected chi connectivity index (χ4v) is 2.19. The monoisotopic (exact) mass is 359 g/mol. The summed E-state index contributed by atoms with van der Waals surface area (Å²) in [7, 11) is 0. The van der Waals surface area contributed by atoms with E-state index in [-0.39, 0.29) is 6.10 Å². The molecule has 0 aromatic rings. The van der Waals surface area contributed by atoms with Crippen molar-refractivity contribution in [3.8, 4) is 0 Å². The molecule has 0 saturated carbocycles. The van der Waals surface area contributed by atoms with Crippen molar-refractivity contribution in [3.63, 3.8) is 0 Å². The summed E-state index contributed by atoms with van der Waals surface area (Å²) in [5.41, 5.74) is -2.18. The van der Waals surface area contributed by atoms with Crippen molar-refractivity contribution in [1.29, 1.82) is 0 Å². The van der Waals surface area contributed by atoms with E-state index in [2.05, 4.69) is 6.13 Å². The first-order valence-corrected chi connectivity index (χ1v) is 6.57. The maximum atomic E-state index is 11.4. The minimum atomic E-state index is -2.18. The Kier molecular flexibility index (Phi) is 4.69. The molecule has 0 aliphatic carbocycles. The number of ether oxygens (including phenoxy) is 1. The van der Waals surface area contributed by atoms with Crippen LogP contribution < -0.4 is 22.0 Å². The van der Waals surface area contributed by atoms with Crippen molar-refractivity contribution < 1.29 is 52.4 Å². The molecule has 0 aromatic carbocycles. The van der Waals surface area contributed by atoms with Gasteiger partial charge in [-0.1, -0.05) is 0 Å². The van der Waals surface area contributed by atoms with Crippen LogP contribution >= 0.6 is 0 Å². The van der Waals surface area contributed by atoms with E-state index in [1.54, 1.807) is 13.8 Å². The molecule has 0 spiro atoms. The van der Waals surface area contributed by atoms with Gasteiger partial charge in [-0.2, -0.15) is 0 Å². The molecule has 1 heterocycles. The van der Waals surface area contributed by atoms with Crippen LogP contribution in [0.1, 0.15) is 26.7 Å². The van der Waals surface area contributed by atoms with Crippen LogP contribution in [0.25, 0.3) is 0 Å². The molecule has 98 valence electrons. The first-order chi connectivity index (χ1) is 7.83. The molecule has 0 bridgehead atoms. The number of carbonyl (C=O) groups excluding carboxylic acids is 3. The Hall–Kier alpha value is -0.900. The van der Waals surface area contributed by atoms with Gasteiger partial charge in [-0.3, -0.25) is 0 Å². The average Bonchev–Trinajstić information content (AvgIpc) is 2.25. The molecule has 1 rings (SSSR count). The maximum absolute atomic E-state index is 11.4. The van der Waals surface area contributed by atoms with Crippen molar-refractivity contribution in [2.75, 3.05) is 0 Å². The van der Waals surface area contributed by atoms with Gasteiger partial charge in [-0.25, -0.2) is 0 Å². The van der Waals surface area contributed by atoms with Crippen LogP contribution in [0.5, 0.6) is 0 Å². The van der Waals surface area contributed by atoms with Crippen LogP contribution in [0.2, 0.25) is 0 Å². The van der Waals surface area contributed by atoms with Crippen LogP contribution in [0.3, 0.4) is 0 Å². The summed E-state index contributed by atoms with van der Waals surface area (Å²) in [5, 5.41) is 9.91. The van der Waals surface area contributed by atoms with Gasteiger partial charge in [0.05, 0.1) is 0 Å². The van der Waals surface area contributed by atoms with E-state index in [1.165, 1.54) is 0 Å². The number of hydrogen-bond acceptors (Lipinski definition) is 7. The third-order valence-electron chi connectivity index (χ3n) is 1.84. The van der Waals surface area contributed by atoms with Crippen LogP contribution in [0.4, 0.5) is 0 Å². The molecule has 1 fully saturated rings. The van der Waals surface area contributed by atoms with Crippen molar-refractivity contribution in [2.24, 2.45) is 0 Å². The molecule has 1 aliphatic heterocycles. The van der Waals surface area contributed by atoms with Gasteiger partial charge in [-0.05, 0) is 0 Å². The summed E-state index contributed by atoms with van der Waals surface area (Å²) in [6.07, 6.45) is -1.59. The molecule has 1 saturated heterocycles. The Morgan fingerprint density at radius 2 is 2.18 bits per heavy atom. The van der Waals surface area contributed by atoms with Crippen molar-refractivity contribution >= 4 is 17.9 Å². The Labute approximate surface area is 109 Å². The summed E-state index contributed by atoms with van der Waals surface area (Å²) in [6, 6.07) is 0. The van der Waals surface area contributed by atoms with E-state index in [4.69, 9.17) is 4.74 Å². The minimum absolute atomic E-state index is 0.368. The molecular formula is C9H12IO7-. The molecule has 1 atom stereocenters. The normalized spacial score (nSPS) is 25.4. The number of hydrogen-bond donors (Lipinski definition) is 1. The van der Waals surface area contributed by atoms with E-state index in [0.29, 0.717) is 0 Å². The summed E-state index contributed by atoms with van der Waals surface area (Å²) >= 11 is -1.51. The first kappa shape index (κ1) is 14.2. The van der Waals surface area contributed by atoms with Crippen LogP contribution in [0, 0.1) is 0 Å². The Balaban J connectivity index is 2.72. The second-order valence-corrected chi connectivity index (χ2v) is 5.04. The molecule has 1 unspecified atom stereocenters. The standard InChI is InChI=1S/C9H12IO7/c1-5(2)15-6(11)3-9(14)4-7(12)16-10-17-8(9)13/h5,14H,3-4H2,1-2H3/q-1. The fourth-order valence-electron chi connectivity index (χ4n) is 1.17. The number of aliphatic hydroxyl groups is 1. The van der Waals surface area contributed by atoms with Gasteiger partial charge in [0.2, 0.25) is 0 Å². The zero-order valence-electron chi connectivity index (χ0n) is 9.27. The van der Waals surface area contributed by atoms with Gasteiger partial charge in [0, 0.05) is 0 Å². The van der Waals surface area contributed by atoms with Crippen LogP contribution in [0.15, 0.2) is 0 Å². The topological polar surface area (TPSA) is 99.1 Å². The van der Waals surface area contributed by atoms with Crippen molar-refractivity contribution in [3.05, 3.63) is 0 Å². The summed E-state index contributed by atoms with van der Waals surface area (Å²) < 4.78 is 13.9. The van der Waals surface area contributed by atoms with Crippen molar-refractivity contribution in [2.45, 2.75) is 38.4 Å². The molecule has 17 heavy (non-hydrogen) atoms. The van der Waals surface area contributed by atoms with Crippen molar-refractivity contribution in [1.82, 2.24) is 0 Å². The predicted molar refractivity (Wildman–Crippen MR) is 47.6 cm³/mol. The fraction of sp³-hybridized carbons (Fsp3) is 0.667. The summed E-state index contributed by atoms with van der Waals surface area (Å²) in [5.74, 6) is -2.55. The molecule has 1 aliphatic rings. The third-order valence-corrected chi connectivity index (χ3v) is 3.09. The Morgan fingerprint density at radius 3 is 2.76 bits per heavy atom. The van der Waals surface area contributed by atoms with E-state index in [1.807, 2.05) is 0 Å². The Morgan fingerprint density at radius 1 is 1.53 bits per heavy atom. The molecular weight excluding hydrogens is 347 g/mol. The van der Waals surface area contributed by atoms with Gasteiger partial charge in [0.25, 0.3) is 0 Å². The molecule has 0 radical (unpaired) electrons. The van der Waals surface area contributed by atoms with E-state index in [0.717, 1.165) is 0 Å². The van der Waals surface area contributed by atoms with Gasteiger partial charge in [0.15, 0.2) is 0 Å². The first-order valence-electron chi connectivity index (χ1n) is 4.81. The molecule has 1 N–H and O–H groups in total. The van der Waals surface area contributed by atoms with E-state index < -0.39 is 58.4 Å². The van der Waals surface area contributed by atoms with E-state index in [9.17, 15) is 19.5 Å². The molecule has 0 aromatic heterocycles. The second kappa shape index (κ2) is 5.63. The molecule has 0 amide bonds. The third kappa shape index (κ3) is 4.11. The van der Waals surface area contributed by atoms with Crippen LogP contribution in [-0.2, 0) is 25.3 Å². The Bertz CT molecular complexity index is 340. The molecule has 7 nitrogen and oxygen atoms in total. The van der Waals surface area contributed by atoms with Gasteiger partial charge in [0.1, 0.15) is 0 Å². The SMILES string of the molecule is CC(C)OC(=O)CC1(O)CC(=O)O[I-]OC1=O. The van der Waals surface area contributed by atoms with Gasteiger partial charge >= 0.3 is 109 Å². The number of rotatable bonds is 3. The summed E-state index contributed by atoms with van der Waals surface area (Å²) in [6.45, 7) is 3.26. The second-order valence-electron chi connectivity index (χ2n) is 3.80. The van der Waals surface area contributed by atoms with Gasteiger partial charge in [-0.15, -0.1) is 0 Å². The van der Waals surface area contributed by atoms with Gasteiger partial charge < -0.3 is 0 Å². The molecule has 8 heteroatoms. The number of esters is 1. The quantitative estimate of drug-likeness (QED) is 0.412. The number of carbonyl (C=O) groups is 3. The predicted octanol–water partition coefficient (Wildman–Crippen LogP) is -3.53. The summed E-state index contributed by atoms with van der Waals surface area (Å²) in [4.78, 5) is 33.9. The van der Waals surface area contributed by atoms with E-state index >= 15 is 0 Å². The average molecular weight is 359 g/mol. The number of halogens is 1. The zero-order valence-corrected chi connectivity index (χ0v) is 11.4. The van der Waals surface area contributed by atoms with Crippen LogP contribution in [-0.4, -0.2) is 34.7 Å². The zero-order chi connectivity index (χ0) is 13.1.